The van der Waals surface area contributed by atoms with Gasteiger partial charge in [-0.1, -0.05) is 12.1 Å². The van der Waals surface area contributed by atoms with E-state index in [1.54, 1.807) is 0 Å². The quantitative estimate of drug-likeness (QED) is 0.492. The topological polar surface area (TPSA) is 181 Å². The van der Waals surface area contributed by atoms with E-state index in [9.17, 15) is 19.2 Å². The zero-order chi connectivity index (χ0) is 20.1. The van der Waals surface area contributed by atoms with Crippen molar-refractivity contribution < 1.29 is 34.1 Å². The van der Waals surface area contributed by atoms with E-state index in [2.05, 4.69) is 9.40 Å². The number of carboxylic acids is 3. The smallest absolute Gasteiger partial charge is 0.346 e. The number of aromatic nitrogens is 1. The number of hydrogen-bond donors (Lipinski definition) is 4. The van der Waals surface area contributed by atoms with Gasteiger partial charge in [0.2, 0.25) is 0 Å². The van der Waals surface area contributed by atoms with E-state index in [-0.39, 0.29) is 33.3 Å². The molecule has 0 bridgehead atoms. The van der Waals surface area contributed by atoms with Gasteiger partial charge in [-0.2, -0.15) is 0 Å². The van der Waals surface area contributed by atoms with Gasteiger partial charge in [0.15, 0.2) is 6.39 Å². The normalized spacial score (nSPS) is 9.93. The number of nitrogens with zero attached hydrogens (tertiary/aromatic N) is 1. The molecule has 1 heterocycles. The molecule has 5 N–H and O–H groups in total. The number of nitrogen functional groups attached to an aromatic ring is 1. The van der Waals surface area contributed by atoms with Crippen LogP contribution in [0.3, 0.4) is 0 Å². The summed E-state index contributed by atoms with van der Waals surface area (Å²) in [4.78, 5) is 46.7. The van der Waals surface area contributed by atoms with E-state index in [1.165, 1.54) is 36.4 Å². The Morgan fingerprint density at radius 2 is 1.33 bits per heavy atom. The maximum Gasteiger partial charge on any atom is 0.346 e. The molecule has 0 amide bonds. The molecule has 27 heavy (non-hydrogen) atoms. The van der Waals surface area contributed by atoms with Crippen molar-refractivity contribution in [3.63, 3.8) is 0 Å². The van der Waals surface area contributed by atoms with Crippen LogP contribution < -0.4 is 11.4 Å². The molecule has 2 aromatic carbocycles. The summed E-state index contributed by atoms with van der Waals surface area (Å²) in [5.41, 5.74) is 4.27. The number of carbonyl (C=O) groups is 3. The Bertz CT molecular complexity index is 1070. The zero-order valence-electron chi connectivity index (χ0n) is 13.4. The van der Waals surface area contributed by atoms with E-state index in [4.69, 9.17) is 21.1 Å². The van der Waals surface area contributed by atoms with Crippen molar-refractivity contribution >= 4 is 34.5 Å². The predicted octanol–water partition coefficient (Wildman–Crippen LogP) is 1.55. The first kappa shape index (κ1) is 19.1. The van der Waals surface area contributed by atoms with Gasteiger partial charge in [0, 0.05) is 0 Å². The number of rotatable bonds is 3. The minimum absolute atomic E-state index is 0.00426. The van der Waals surface area contributed by atoms with Crippen molar-refractivity contribution in [3.8, 4) is 0 Å². The Morgan fingerprint density at radius 1 is 0.852 bits per heavy atom. The van der Waals surface area contributed by atoms with Crippen molar-refractivity contribution in [3.05, 3.63) is 69.9 Å². The molecule has 0 spiro atoms. The molecular formula is C17H12N2O8. The van der Waals surface area contributed by atoms with Crippen LogP contribution in [0.15, 0.2) is 52.0 Å². The van der Waals surface area contributed by atoms with Crippen LogP contribution in [-0.4, -0.2) is 38.2 Å². The van der Waals surface area contributed by atoms with Gasteiger partial charge in [-0.05, 0) is 24.3 Å². The summed E-state index contributed by atoms with van der Waals surface area (Å²) < 4.78 is 4.52. The van der Waals surface area contributed by atoms with Crippen LogP contribution in [0, 0.1) is 0 Å². The van der Waals surface area contributed by atoms with Gasteiger partial charge in [-0.3, -0.25) is 0 Å². The SMILES string of the molecule is Nc1c(C(=O)O)cccc1C(=O)O.O=C(O)c1cccc2c(=O)ocnc12. The molecule has 10 heteroatoms. The lowest BCUT2D eigenvalue weighted by molar-refractivity contribution is 0.0684. The van der Waals surface area contributed by atoms with E-state index in [1.807, 2.05) is 0 Å². The summed E-state index contributed by atoms with van der Waals surface area (Å²) in [6.07, 6.45) is 0.942. The van der Waals surface area contributed by atoms with Crippen LogP contribution >= 0.6 is 0 Å². The van der Waals surface area contributed by atoms with E-state index in [0.29, 0.717) is 0 Å². The van der Waals surface area contributed by atoms with Gasteiger partial charge in [-0.15, -0.1) is 0 Å². The molecule has 3 aromatic rings. The molecule has 1 aromatic heterocycles. The molecule has 138 valence electrons. The second-order valence-corrected chi connectivity index (χ2v) is 5.02. The van der Waals surface area contributed by atoms with E-state index >= 15 is 0 Å². The second kappa shape index (κ2) is 7.78. The largest absolute Gasteiger partial charge is 0.478 e. The summed E-state index contributed by atoms with van der Waals surface area (Å²) >= 11 is 0. The molecule has 3 rings (SSSR count). The molecule has 0 aliphatic heterocycles. The second-order valence-electron chi connectivity index (χ2n) is 5.02. The minimum Gasteiger partial charge on any atom is -0.478 e. The van der Waals surface area contributed by atoms with Crippen molar-refractivity contribution in [1.29, 1.82) is 0 Å². The number of benzene rings is 2. The van der Waals surface area contributed by atoms with Crippen molar-refractivity contribution in [1.82, 2.24) is 4.98 Å². The number of fused-ring (bicyclic) bond motifs is 1. The van der Waals surface area contributed by atoms with Crippen LogP contribution in [0.1, 0.15) is 31.1 Å². The lowest BCUT2D eigenvalue weighted by Crippen LogP contribution is -2.08. The Morgan fingerprint density at radius 3 is 1.85 bits per heavy atom. The number of anilines is 1. The molecule has 0 fully saturated rings. The maximum absolute atomic E-state index is 11.2. The van der Waals surface area contributed by atoms with Gasteiger partial charge < -0.3 is 25.5 Å². The fourth-order valence-electron chi connectivity index (χ4n) is 2.15. The van der Waals surface area contributed by atoms with E-state index < -0.39 is 23.5 Å². The Hall–Kier alpha value is -4.21. The molecule has 0 radical (unpaired) electrons. The highest BCUT2D eigenvalue weighted by Crippen LogP contribution is 2.17. The molecular weight excluding hydrogens is 360 g/mol. The van der Waals surface area contributed by atoms with Crippen LogP contribution in [0.5, 0.6) is 0 Å². The first-order chi connectivity index (χ1) is 12.7. The number of hydrogen-bond acceptors (Lipinski definition) is 7. The monoisotopic (exact) mass is 372 g/mol. The highest BCUT2D eigenvalue weighted by Gasteiger charge is 2.14. The number of nitrogens with two attached hydrogens (primary N) is 1. The first-order valence-corrected chi connectivity index (χ1v) is 7.19. The van der Waals surface area contributed by atoms with Crippen molar-refractivity contribution in [2.75, 3.05) is 5.73 Å². The van der Waals surface area contributed by atoms with E-state index in [0.717, 1.165) is 6.39 Å². The van der Waals surface area contributed by atoms with Gasteiger partial charge in [-0.25, -0.2) is 24.2 Å². The van der Waals surface area contributed by atoms with Gasteiger partial charge >= 0.3 is 23.5 Å². The molecule has 0 unspecified atom stereocenters. The molecule has 0 aliphatic carbocycles. The fraction of sp³-hybridized carbons (Fsp3) is 0. The summed E-state index contributed by atoms with van der Waals surface area (Å²) in [7, 11) is 0. The third-order valence-electron chi connectivity index (χ3n) is 3.39. The Labute approximate surface area is 150 Å². The van der Waals surface area contributed by atoms with Crippen molar-refractivity contribution in [2.24, 2.45) is 0 Å². The highest BCUT2D eigenvalue weighted by atomic mass is 16.4. The minimum atomic E-state index is -1.24. The van der Waals surface area contributed by atoms with Crippen molar-refractivity contribution in [2.45, 2.75) is 0 Å². The lowest BCUT2D eigenvalue weighted by Gasteiger charge is -2.03. The molecule has 0 saturated heterocycles. The van der Waals surface area contributed by atoms with Gasteiger partial charge in [0.25, 0.3) is 0 Å². The van der Waals surface area contributed by atoms with Crippen LogP contribution in [-0.2, 0) is 0 Å². The Balaban J connectivity index is 0.000000194. The average Bonchev–Trinajstić information content (AvgIpc) is 2.61. The summed E-state index contributed by atoms with van der Waals surface area (Å²) in [5, 5.41) is 26.2. The van der Waals surface area contributed by atoms with Gasteiger partial charge in [0.1, 0.15) is 0 Å². The average molecular weight is 372 g/mol. The number of carboxylic acid groups (broad SMARTS) is 3. The zero-order valence-corrected chi connectivity index (χ0v) is 13.4. The third-order valence-corrected chi connectivity index (χ3v) is 3.39. The fourth-order valence-corrected chi connectivity index (χ4v) is 2.15. The molecule has 0 atom stereocenters. The standard InChI is InChI=1S/C9H5NO4.C8H7NO4/c11-8(12)5-2-1-3-6-7(5)10-4-14-9(6)13;9-6-4(7(10)11)2-1-3-5(6)8(12)13/h1-4H,(H,11,12);1-3H,9H2,(H,10,11)(H,12,13). The van der Waals surface area contributed by atoms with Gasteiger partial charge in [0.05, 0.1) is 33.3 Å². The summed E-state index contributed by atoms with van der Waals surface area (Å²) in [5.74, 6) is -3.59. The molecule has 0 saturated carbocycles. The summed E-state index contributed by atoms with van der Waals surface area (Å²) in [6, 6.07) is 8.18. The third kappa shape index (κ3) is 4.07. The van der Waals surface area contributed by atoms with Crippen LogP contribution in [0.25, 0.3) is 10.9 Å². The number of para-hydroxylation sites is 2. The molecule has 10 nitrogen and oxygen atoms in total. The Kier molecular flexibility index (Phi) is 5.51. The maximum atomic E-state index is 11.2. The predicted molar refractivity (Wildman–Crippen MR) is 92.0 cm³/mol. The summed E-state index contributed by atoms with van der Waals surface area (Å²) in [6.45, 7) is 0. The lowest BCUT2D eigenvalue weighted by atomic mass is 10.1. The van der Waals surface area contributed by atoms with Crippen LogP contribution in [0.4, 0.5) is 5.69 Å². The first-order valence-electron chi connectivity index (χ1n) is 7.19. The number of aromatic carboxylic acids is 3. The molecule has 0 aliphatic rings. The van der Waals surface area contributed by atoms with Crippen LogP contribution in [0.2, 0.25) is 0 Å². The highest BCUT2D eigenvalue weighted by molar-refractivity contribution is 6.02.